The number of aromatic hydroxyl groups is 1. The number of ether oxygens (including phenoxy) is 2. The van der Waals surface area contributed by atoms with Crippen molar-refractivity contribution in [3.05, 3.63) is 17.7 Å². The number of hydrogen-bond acceptors (Lipinski definition) is 5. The van der Waals surface area contributed by atoms with Crippen LogP contribution in [-0.4, -0.2) is 31.0 Å². The third kappa shape index (κ3) is 2.91. The molecule has 1 atom stereocenters. The van der Waals surface area contributed by atoms with Crippen molar-refractivity contribution in [3.8, 4) is 17.2 Å². The van der Waals surface area contributed by atoms with Crippen molar-refractivity contribution >= 4 is 12.4 Å². The lowest BCUT2D eigenvalue weighted by molar-refractivity contribution is 0.266. The molecule has 0 spiro atoms. The molecule has 0 aliphatic heterocycles. The maximum Gasteiger partial charge on any atom is 0.200 e. The van der Waals surface area contributed by atoms with Gasteiger partial charge in [0.25, 0.3) is 0 Å². The monoisotopic (exact) mass is 249 g/mol. The molecule has 0 bridgehead atoms. The zero-order valence-corrected chi connectivity index (χ0v) is 9.95. The van der Waals surface area contributed by atoms with Crippen molar-refractivity contribution in [2.75, 3.05) is 20.8 Å². The number of phenolic OH excluding ortho intramolecular Hbond substituents is 1. The normalized spacial score (nSPS) is 11.5. The Morgan fingerprint density at radius 3 is 2.00 bits per heavy atom. The van der Waals surface area contributed by atoms with Gasteiger partial charge in [0.15, 0.2) is 11.5 Å². The molecule has 0 saturated carbocycles. The molecule has 0 radical (unpaired) electrons. The van der Waals surface area contributed by atoms with E-state index in [0.717, 1.165) is 0 Å². The molecule has 0 aliphatic carbocycles. The molecule has 0 amide bonds. The van der Waals surface area contributed by atoms with Gasteiger partial charge < -0.3 is 25.4 Å². The van der Waals surface area contributed by atoms with Crippen LogP contribution in [0.2, 0.25) is 0 Å². The van der Waals surface area contributed by atoms with Crippen LogP contribution in [0.15, 0.2) is 12.1 Å². The molecule has 0 aromatic heterocycles. The van der Waals surface area contributed by atoms with Crippen molar-refractivity contribution in [1.29, 1.82) is 0 Å². The summed E-state index contributed by atoms with van der Waals surface area (Å²) in [6.45, 7) is -0.183. The highest BCUT2D eigenvalue weighted by Gasteiger charge is 2.14. The summed E-state index contributed by atoms with van der Waals surface area (Å²) in [7, 11) is 2.87. The Balaban J connectivity index is 0.00000225. The Hall–Kier alpha value is -1.17. The van der Waals surface area contributed by atoms with Crippen molar-refractivity contribution < 1.29 is 19.7 Å². The molecule has 1 rings (SSSR count). The van der Waals surface area contributed by atoms with E-state index < -0.39 is 6.04 Å². The maximum absolute atomic E-state index is 9.61. The molecule has 0 saturated heterocycles. The first-order chi connectivity index (χ1) is 7.13. The molecule has 16 heavy (non-hydrogen) atoms. The van der Waals surface area contributed by atoms with Gasteiger partial charge in [-0.15, -0.1) is 12.4 Å². The lowest BCUT2D eigenvalue weighted by Gasteiger charge is -2.14. The smallest absolute Gasteiger partial charge is 0.200 e. The van der Waals surface area contributed by atoms with Crippen LogP contribution in [-0.2, 0) is 0 Å². The Bertz CT molecular complexity index is 321. The lowest BCUT2D eigenvalue weighted by atomic mass is 10.1. The average molecular weight is 250 g/mol. The van der Waals surface area contributed by atoms with Crippen LogP contribution in [0.5, 0.6) is 17.2 Å². The minimum atomic E-state index is -0.520. The predicted octanol–water partition coefficient (Wildman–Crippen LogP) is 0.823. The Labute approximate surface area is 100 Å². The summed E-state index contributed by atoms with van der Waals surface area (Å²) in [5, 5.41) is 18.5. The summed E-state index contributed by atoms with van der Waals surface area (Å²) < 4.78 is 9.91. The van der Waals surface area contributed by atoms with Crippen LogP contribution in [0.1, 0.15) is 11.6 Å². The second kappa shape index (κ2) is 6.42. The number of halogens is 1. The minimum Gasteiger partial charge on any atom is -0.502 e. The van der Waals surface area contributed by atoms with Gasteiger partial charge in [-0.1, -0.05) is 0 Å². The quantitative estimate of drug-likeness (QED) is 0.736. The molecule has 1 aromatic carbocycles. The minimum absolute atomic E-state index is 0. The number of benzene rings is 1. The van der Waals surface area contributed by atoms with E-state index in [1.54, 1.807) is 12.1 Å². The number of phenols is 1. The number of aliphatic hydroxyl groups excluding tert-OH is 1. The number of methoxy groups -OCH3 is 2. The van der Waals surface area contributed by atoms with E-state index in [1.165, 1.54) is 14.2 Å². The van der Waals surface area contributed by atoms with E-state index in [2.05, 4.69) is 0 Å². The van der Waals surface area contributed by atoms with E-state index in [-0.39, 0.29) is 36.3 Å². The number of hydrogen-bond donors (Lipinski definition) is 3. The van der Waals surface area contributed by atoms with Crippen LogP contribution >= 0.6 is 12.4 Å². The molecular weight excluding hydrogens is 234 g/mol. The molecule has 0 unspecified atom stereocenters. The Morgan fingerprint density at radius 1 is 1.25 bits per heavy atom. The standard InChI is InChI=1S/C10H15NO4.ClH/c1-14-8-3-6(7(11)5-12)4-9(15-2)10(8)13;/h3-4,7,12-13H,5,11H2,1-2H3;1H/t7-;/m0./s1. The van der Waals surface area contributed by atoms with E-state index >= 15 is 0 Å². The zero-order valence-electron chi connectivity index (χ0n) is 9.14. The molecule has 1 aromatic rings. The van der Waals surface area contributed by atoms with Gasteiger partial charge >= 0.3 is 0 Å². The van der Waals surface area contributed by atoms with Gasteiger partial charge in [-0.3, -0.25) is 0 Å². The van der Waals surface area contributed by atoms with E-state index in [0.29, 0.717) is 5.56 Å². The van der Waals surface area contributed by atoms with Gasteiger partial charge in [-0.25, -0.2) is 0 Å². The second-order valence-electron chi connectivity index (χ2n) is 3.06. The van der Waals surface area contributed by atoms with Crippen molar-refractivity contribution in [1.82, 2.24) is 0 Å². The van der Waals surface area contributed by atoms with Crippen LogP contribution in [0.3, 0.4) is 0 Å². The summed E-state index contributed by atoms with van der Waals surface area (Å²) in [6.07, 6.45) is 0. The summed E-state index contributed by atoms with van der Waals surface area (Å²) in [5.41, 5.74) is 6.29. The summed E-state index contributed by atoms with van der Waals surface area (Å²) in [5.74, 6) is 0.468. The first-order valence-corrected chi connectivity index (χ1v) is 4.45. The highest BCUT2D eigenvalue weighted by Crippen LogP contribution is 2.38. The van der Waals surface area contributed by atoms with E-state index in [4.69, 9.17) is 20.3 Å². The molecule has 0 fully saturated rings. The van der Waals surface area contributed by atoms with Gasteiger partial charge in [-0.05, 0) is 17.7 Å². The zero-order chi connectivity index (χ0) is 11.4. The third-order valence-electron chi connectivity index (χ3n) is 2.13. The largest absolute Gasteiger partial charge is 0.502 e. The third-order valence-corrected chi connectivity index (χ3v) is 2.13. The molecule has 0 aliphatic rings. The number of aliphatic hydroxyl groups is 1. The Morgan fingerprint density at radius 2 is 1.69 bits per heavy atom. The first kappa shape index (κ1) is 14.8. The van der Waals surface area contributed by atoms with Crippen LogP contribution in [0, 0.1) is 0 Å². The fourth-order valence-corrected chi connectivity index (χ4v) is 1.23. The summed E-state index contributed by atoms with van der Waals surface area (Å²) in [6, 6.07) is 2.62. The van der Waals surface area contributed by atoms with Gasteiger partial charge in [-0.2, -0.15) is 0 Å². The van der Waals surface area contributed by atoms with Gasteiger partial charge in [0.1, 0.15) is 0 Å². The van der Waals surface area contributed by atoms with Crippen molar-refractivity contribution in [2.45, 2.75) is 6.04 Å². The SMILES string of the molecule is COc1cc([C@@H](N)CO)cc(OC)c1O.Cl. The lowest BCUT2D eigenvalue weighted by Crippen LogP contribution is -2.14. The fraction of sp³-hybridized carbons (Fsp3) is 0.400. The van der Waals surface area contributed by atoms with Gasteiger partial charge in [0.2, 0.25) is 5.75 Å². The van der Waals surface area contributed by atoms with Crippen LogP contribution < -0.4 is 15.2 Å². The number of nitrogens with two attached hydrogens (primary N) is 1. The van der Waals surface area contributed by atoms with Crippen LogP contribution in [0.4, 0.5) is 0 Å². The predicted molar refractivity (Wildman–Crippen MR) is 62.5 cm³/mol. The second-order valence-corrected chi connectivity index (χ2v) is 3.06. The van der Waals surface area contributed by atoms with Gasteiger partial charge in [0.05, 0.1) is 26.9 Å². The molecule has 5 nitrogen and oxygen atoms in total. The molecule has 0 heterocycles. The topological polar surface area (TPSA) is 84.9 Å². The fourth-order valence-electron chi connectivity index (χ4n) is 1.23. The molecule has 4 N–H and O–H groups in total. The summed E-state index contributed by atoms with van der Waals surface area (Å²) in [4.78, 5) is 0. The maximum atomic E-state index is 9.61. The first-order valence-electron chi connectivity index (χ1n) is 4.45. The van der Waals surface area contributed by atoms with E-state index in [9.17, 15) is 5.11 Å². The van der Waals surface area contributed by atoms with E-state index in [1.807, 2.05) is 0 Å². The van der Waals surface area contributed by atoms with Crippen molar-refractivity contribution in [3.63, 3.8) is 0 Å². The molecule has 92 valence electrons. The highest BCUT2D eigenvalue weighted by atomic mass is 35.5. The van der Waals surface area contributed by atoms with Gasteiger partial charge in [0, 0.05) is 0 Å². The van der Waals surface area contributed by atoms with Crippen molar-refractivity contribution in [2.24, 2.45) is 5.73 Å². The number of rotatable bonds is 4. The molecular formula is C10H16ClNO4. The Kier molecular flexibility index (Phi) is 5.95. The average Bonchev–Trinajstić information content (AvgIpc) is 2.28. The van der Waals surface area contributed by atoms with Crippen LogP contribution in [0.25, 0.3) is 0 Å². The molecule has 6 heteroatoms. The summed E-state index contributed by atoms with van der Waals surface area (Å²) >= 11 is 0. The highest BCUT2D eigenvalue weighted by molar-refractivity contribution is 5.85.